The van der Waals surface area contributed by atoms with E-state index in [1.54, 1.807) is 18.2 Å². The van der Waals surface area contributed by atoms with E-state index in [1.165, 1.54) is 14.2 Å². The Morgan fingerprint density at radius 3 is 2.50 bits per heavy atom. The molecule has 0 spiro atoms. The van der Waals surface area contributed by atoms with Crippen LogP contribution in [0.5, 0.6) is 0 Å². The Labute approximate surface area is 115 Å². The van der Waals surface area contributed by atoms with E-state index < -0.39 is 0 Å². The van der Waals surface area contributed by atoms with E-state index in [4.69, 9.17) is 28.0 Å². The summed E-state index contributed by atoms with van der Waals surface area (Å²) in [5.74, 6) is -0.307. The molecule has 98 valence electrons. The maximum absolute atomic E-state index is 11.1. The lowest BCUT2D eigenvalue weighted by Gasteiger charge is -2.06. The molecule has 0 saturated carbocycles. The van der Waals surface area contributed by atoms with Crippen LogP contribution in [0.2, 0.25) is 10.0 Å². The number of hydrogen-bond donors (Lipinski definition) is 0. The quantitative estimate of drug-likeness (QED) is 0.475. The molecule has 1 aromatic rings. The van der Waals surface area contributed by atoms with Gasteiger partial charge >= 0.3 is 5.97 Å². The summed E-state index contributed by atoms with van der Waals surface area (Å²) in [5, 5.41) is 4.77. The lowest BCUT2D eigenvalue weighted by atomic mass is 10.1. The largest absolute Gasteiger partial charge is 0.469 e. The molecule has 0 N–H and O–H groups in total. The fraction of sp³-hybridized carbons (Fsp3) is 0.333. The fourth-order valence-electron chi connectivity index (χ4n) is 1.35. The van der Waals surface area contributed by atoms with E-state index in [1.807, 2.05) is 0 Å². The molecule has 0 aliphatic carbocycles. The smallest absolute Gasteiger partial charge is 0.305 e. The molecule has 0 aromatic heterocycles. The summed E-state index contributed by atoms with van der Waals surface area (Å²) >= 11 is 11.8. The Morgan fingerprint density at radius 2 is 1.94 bits per heavy atom. The van der Waals surface area contributed by atoms with E-state index in [0.717, 1.165) is 5.56 Å². The van der Waals surface area contributed by atoms with Crippen molar-refractivity contribution in [2.24, 2.45) is 5.16 Å². The molecule has 18 heavy (non-hydrogen) atoms. The van der Waals surface area contributed by atoms with Crippen LogP contribution in [0.15, 0.2) is 23.4 Å². The Kier molecular flexibility index (Phi) is 5.95. The highest BCUT2D eigenvalue weighted by Gasteiger charge is 2.10. The summed E-state index contributed by atoms with van der Waals surface area (Å²) in [5.41, 5.74) is 1.37. The molecule has 0 unspecified atom stereocenters. The molecule has 1 aromatic carbocycles. The third-order valence-corrected chi connectivity index (χ3v) is 2.99. The minimum absolute atomic E-state index is 0.221. The monoisotopic (exact) mass is 289 g/mol. The summed E-state index contributed by atoms with van der Waals surface area (Å²) in [6, 6.07) is 5.12. The summed E-state index contributed by atoms with van der Waals surface area (Å²) < 4.78 is 4.58. The number of carbonyl (C=O) groups is 1. The summed E-state index contributed by atoms with van der Waals surface area (Å²) in [4.78, 5) is 15.9. The molecule has 0 amide bonds. The van der Waals surface area contributed by atoms with Gasteiger partial charge in [0.1, 0.15) is 7.11 Å². The van der Waals surface area contributed by atoms with Gasteiger partial charge in [0.25, 0.3) is 0 Å². The number of halogens is 2. The van der Waals surface area contributed by atoms with Gasteiger partial charge in [0.2, 0.25) is 0 Å². The number of methoxy groups -OCH3 is 1. The van der Waals surface area contributed by atoms with Gasteiger partial charge in [-0.25, -0.2) is 0 Å². The number of esters is 1. The Morgan fingerprint density at radius 1 is 1.22 bits per heavy atom. The Hall–Kier alpha value is -1.26. The highest BCUT2D eigenvalue weighted by Crippen LogP contribution is 2.23. The third-order valence-electron chi connectivity index (χ3n) is 2.25. The second-order valence-electron chi connectivity index (χ2n) is 3.43. The van der Waals surface area contributed by atoms with Crippen LogP contribution in [0.25, 0.3) is 0 Å². The first-order valence-electron chi connectivity index (χ1n) is 5.20. The van der Waals surface area contributed by atoms with Crippen molar-refractivity contribution < 1.29 is 14.4 Å². The molecule has 0 heterocycles. The second kappa shape index (κ2) is 7.24. The van der Waals surface area contributed by atoms with E-state index >= 15 is 0 Å². The summed E-state index contributed by atoms with van der Waals surface area (Å²) in [6.07, 6.45) is 0.622. The van der Waals surface area contributed by atoms with Crippen LogP contribution in [0.4, 0.5) is 0 Å². The minimum Gasteiger partial charge on any atom is -0.469 e. The van der Waals surface area contributed by atoms with Crippen LogP contribution in [0.3, 0.4) is 0 Å². The summed E-state index contributed by atoms with van der Waals surface area (Å²) in [7, 11) is 2.78. The van der Waals surface area contributed by atoms with Gasteiger partial charge in [0, 0.05) is 12.0 Å². The number of benzene rings is 1. The number of hydrogen-bond acceptors (Lipinski definition) is 4. The van der Waals surface area contributed by atoms with Crippen molar-refractivity contribution in [3.8, 4) is 0 Å². The zero-order valence-electron chi connectivity index (χ0n) is 10.1. The standard InChI is InChI=1S/C12H13Cl2NO3/c1-17-12(16)6-5-11(15-18-2)8-3-4-9(13)10(14)7-8/h3-4,7H,5-6H2,1-2H3. The maximum Gasteiger partial charge on any atom is 0.305 e. The summed E-state index contributed by atoms with van der Waals surface area (Å²) in [6.45, 7) is 0. The van der Waals surface area contributed by atoms with Crippen molar-refractivity contribution in [1.29, 1.82) is 0 Å². The average molecular weight is 290 g/mol. The highest BCUT2D eigenvalue weighted by atomic mass is 35.5. The van der Waals surface area contributed by atoms with Gasteiger partial charge in [0.05, 0.1) is 29.3 Å². The lowest BCUT2D eigenvalue weighted by molar-refractivity contribution is -0.140. The molecule has 0 atom stereocenters. The zero-order chi connectivity index (χ0) is 13.5. The number of rotatable bonds is 5. The van der Waals surface area contributed by atoms with E-state index in [-0.39, 0.29) is 12.4 Å². The molecule has 0 bridgehead atoms. The zero-order valence-corrected chi connectivity index (χ0v) is 11.6. The first kappa shape index (κ1) is 14.8. The predicted molar refractivity (Wildman–Crippen MR) is 71.3 cm³/mol. The maximum atomic E-state index is 11.1. The number of oxime groups is 1. The Balaban J connectivity index is 2.87. The number of ether oxygens (including phenoxy) is 1. The van der Waals surface area contributed by atoms with Crippen LogP contribution in [0.1, 0.15) is 18.4 Å². The van der Waals surface area contributed by atoms with Crippen LogP contribution in [-0.4, -0.2) is 25.9 Å². The van der Waals surface area contributed by atoms with Crippen LogP contribution >= 0.6 is 23.2 Å². The molecular weight excluding hydrogens is 277 g/mol. The number of nitrogens with zero attached hydrogens (tertiary/aromatic N) is 1. The second-order valence-corrected chi connectivity index (χ2v) is 4.24. The SMILES string of the molecule is CON=C(CCC(=O)OC)c1ccc(Cl)c(Cl)c1. The van der Waals surface area contributed by atoms with E-state index in [0.29, 0.717) is 22.2 Å². The van der Waals surface area contributed by atoms with Gasteiger partial charge in [-0.15, -0.1) is 0 Å². The molecule has 0 aliphatic heterocycles. The van der Waals surface area contributed by atoms with Gasteiger partial charge in [0.15, 0.2) is 0 Å². The van der Waals surface area contributed by atoms with Crippen molar-refractivity contribution in [3.63, 3.8) is 0 Å². The van der Waals surface area contributed by atoms with Gasteiger partial charge in [-0.05, 0) is 12.1 Å². The van der Waals surface area contributed by atoms with E-state index in [2.05, 4.69) is 9.89 Å². The Bertz CT molecular complexity index is 461. The van der Waals surface area contributed by atoms with Crippen LogP contribution in [0, 0.1) is 0 Å². The van der Waals surface area contributed by atoms with Gasteiger partial charge in [-0.1, -0.05) is 34.4 Å². The fourth-order valence-corrected chi connectivity index (χ4v) is 1.65. The first-order chi connectivity index (χ1) is 8.58. The highest BCUT2D eigenvalue weighted by molar-refractivity contribution is 6.42. The van der Waals surface area contributed by atoms with Crippen molar-refractivity contribution >= 4 is 34.9 Å². The number of carbonyl (C=O) groups excluding carboxylic acids is 1. The minimum atomic E-state index is -0.307. The van der Waals surface area contributed by atoms with Crippen molar-refractivity contribution in [2.75, 3.05) is 14.2 Å². The van der Waals surface area contributed by atoms with Crippen LogP contribution in [-0.2, 0) is 14.4 Å². The van der Waals surface area contributed by atoms with Crippen molar-refractivity contribution in [1.82, 2.24) is 0 Å². The van der Waals surface area contributed by atoms with Gasteiger partial charge < -0.3 is 9.57 Å². The van der Waals surface area contributed by atoms with Crippen molar-refractivity contribution in [2.45, 2.75) is 12.8 Å². The lowest BCUT2D eigenvalue weighted by Crippen LogP contribution is -2.07. The van der Waals surface area contributed by atoms with Gasteiger partial charge in [-0.3, -0.25) is 4.79 Å². The predicted octanol–water partition coefficient (Wildman–Crippen LogP) is 3.30. The topological polar surface area (TPSA) is 47.9 Å². The molecule has 0 radical (unpaired) electrons. The first-order valence-corrected chi connectivity index (χ1v) is 5.96. The molecule has 1 rings (SSSR count). The van der Waals surface area contributed by atoms with Gasteiger partial charge in [-0.2, -0.15) is 0 Å². The molecule has 0 aliphatic rings. The molecule has 0 saturated heterocycles. The molecule has 6 heteroatoms. The normalized spacial score (nSPS) is 11.2. The molecule has 0 fully saturated rings. The molecular formula is C12H13Cl2NO3. The van der Waals surface area contributed by atoms with Crippen LogP contribution < -0.4 is 0 Å². The average Bonchev–Trinajstić information content (AvgIpc) is 2.37. The van der Waals surface area contributed by atoms with E-state index in [9.17, 15) is 4.79 Å². The van der Waals surface area contributed by atoms with Crippen molar-refractivity contribution in [3.05, 3.63) is 33.8 Å². The molecule has 4 nitrogen and oxygen atoms in total. The third kappa shape index (κ3) is 4.20.